The van der Waals surface area contributed by atoms with E-state index in [4.69, 9.17) is 4.74 Å². The van der Waals surface area contributed by atoms with Crippen molar-refractivity contribution in [2.24, 2.45) is 0 Å². The minimum Gasteiger partial charge on any atom is -0.460 e. The Balaban J connectivity index is 1.94. The fourth-order valence-corrected chi connectivity index (χ4v) is 2.10. The number of carbonyl (C=O) groups is 2. The van der Waals surface area contributed by atoms with E-state index in [1.807, 2.05) is 30.3 Å². The monoisotopic (exact) mass is 297 g/mol. The van der Waals surface area contributed by atoms with Crippen LogP contribution in [0.25, 0.3) is 10.8 Å². The molecule has 1 amide bonds. The average Bonchev–Trinajstić information content (AvgIpc) is 2.53. The Morgan fingerprint density at radius 2 is 1.82 bits per heavy atom. The van der Waals surface area contributed by atoms with Crippen molar-refractivity contribution in [2.45, 2.75) is 6.92 Å². The van der Waals surface area contributed by atoms with Crippen LogP contribution in [-0.2, 0) is 9.53 Å². The number of benzene rings is 2. The second-order valence-electron chi connectivity index (χ2n) is 5.20. The Hall–Kier alpha value is -2.62. The molecule has 22 heavy (non-hydrogen) atoms. The Morgan fingerprint density at radius 3 is 2.50 bits per heavy atom. The summed E-state index contributed by atoms with van der Waals surface area (Å²) in [5, 5.41) is 2.07. The molecule has 0 N–H and O–H groups in total. The Morgan fingerprint density at radius 1 is 1.14 bits per heavy atom. The number of amides is 1. The molecule has 0 saturated carbocycles. The lowest BCUT2D eigenvalue weighted by atomic mass is 10.1. The molecule has 0 unspecified atom stereocenters. The first-order chi connectivity index (χ1) is 10.5. The number of likely N-dealkylation sites (N-methyl/N-ethyl adjacent to an activating group) is 1. The Labute approximate surface area is 130 Å². The summed E-state index contributed by atoms with van der Waals surface area (Å²) < 4.78 is 5.22. The van der Waals surface area contributed by atoms with Gasteiger partial charge in [-0.3, -0.25) is 4.79 Å². The quantitative estimate of drug-likeness (QED) is 0.629. The normalized spacial score (nSPS) is 10.3. The van der Waals surface area contributed by atoms with Crippen molar-refractivity contribution in [3.63, 3.8) is 0 Å². The Bertz CT molecular complexity index is 721. The lowest BCUT2D eigenvalue weighted by molar-refractivity contribution is -0.126. The van der Waals surface area contributed by atoms with Crippen LogP contribution in [0.3, 0.4) is 0 Å². The molecule has 0 aliphatic carbocycles. The maximum absolute atomic E-state index is 12.0. The molecule has 0 aromatic heterocycles. The first kappa shape index (κ1) is 15.8. The molecule has 0 aliphatic rings. The minimum absolute atomic E-state index is 0.151. The number of esters is 1. The zero-order chi connectivity index (χ0) is 16.1. The van der Waals surface area contributed by atoms with Crippen LogP contribution in [0.2, 0.25) is 0 Å². The summed E-state index contributed by atoms with van der Waals surface area (Å²) in [4.78, 5) is 25.1. The van der Waals surface area contributed by atoms with E-state index >= 15 is 0 Å². The van der Waals surface area contributed by atoms with Gasteiger partial charge in [-0.2, -0.15) is 0 Å². The van der Waals surface area contributed by atoms with Crippen molar-refractivity contribution in [3.8, 4) is 0 Å². The number of hydrogen-bond acceptors (Lipinski definition) is 3. The molecule has 0 aliphatic heterocycles. The summed E-state index contributed by atoms with van der Waals surface area (Å²) in [6.07, 6.45) is 0. The fourth-order valence-electron chi connectivity index (χ4n) is 2.10. The average molecular weight is 297 g/mol. The molecular weight excluding hydrogens is 278 g/mol. The topological polar surface area (TPSA) is 46.6 Å². The van der Waals surface area contributed by atoms with Gasteiger partial charge in [0.25, 0.3) is 0 Å². The summed E-state index contributed by atoms with van der Waals surface area (Å²) in [7, 11) is 1.65. The first-order valence-electron chi connectivity index (χ1n) is 7.06. The van der Waals surface area contributed by atoms with Crippen molar-refractivity contribution < 1.29 is 14.3 Å². The summed E-state index contributed by atoms with van der Waals surface area (Å²) in [5.74, 6) is -0.538. The fraction of sp³-hybridized carbons (Fsp3) is 0.222. The highest BCUT2D eigenvalue weighted by atomic mass is 16.5. The third kappa shape index (κ3) is 3.73. The van der Waals surface area contributed by atoms with Crippen LogP contribution < -0.4 is 0 Å². The van der Waals surface area contributed by atoms with E-state index in [-0.39, 0.29) is 18.5 Å². The van der Waals surface area contributed by atoms with Gasteiger partial charge in [-0.05, 0) is 29.8 Å². The predicted molar refractivity (Wildman–Crippen MR) is 86.7 cm³/mol. The molecule has 0 spiro atoms. The van der Waals surface area contributed by atoms with E-state index in [2.05, 4.69) is 6.58 Å². The number of carbonyl (C=O) groups excluding carboxylic acids is 2. The van der Waals surface area contributed by atoms with Crippen LogP contribution in [0, 0.1) is 0 Å². The Kier molecular flexibility index (Phi) is 4.94. The molecule has 0 fully saturated rings. The minimum atomic E-state index is -0.387. The largest absolute Gasteiger partial charge is 0.460 e. The number of fused-ring (bicyclic) bond motifs is 1. The van der Waals surface area contributed by atoms with E-state index in [9.17, 15) is 9.59 Å². The molecule has 0 heterocycles. The molecule has 0 radical (unpaired) electrons. The van der Waals surface area contributed by atoms with Gasteiger partial charge < -0.3 is 9.64 Å². The van der Waals surface area contributed by atoms with Crippen LogP contribution >= 0.6 is 0 Å². The van der Waals surface area contributed by atoms with Gasteiger partial charge >= 0.3 is 5.97 Å². The van der Waals surface area contributed by atoms with Crippen LogP contribution in [0.1, 0.15) is 17.3 Å². The van der Waals surface area contributed by atoms with Crippen molar-refractivity contribution in [2.75, 3.05) is 20.2 Å². The molecule has 2 aromatic carbocycles. The number of hydrogen-bond donors (Lipinski definition) is 0. The molecule has 2 aromatic rings. The highest BCUT2D eigenvalue weighted by molar-refractivity contribution is 5.95. The smallest absolute Gasteiger partial charge is 0.338 e. The second kappa shape index (κ2) is 6.89. The third-order valence-electron chi connectivity index (χ3n) is 3.36. The van der Waals surface area contributed by atoms with Crippen molar-refractivity contribution >= 4 is 22.6 Å². The van der Waals surface area contributed by atoms with Crippen LogP contribution in [-0.4, -0.2) is 37.0 Å². The molecule has 0 bridgehead atoms. The summed E-state index contributed by atoms with van der Waals surface area (Å²) in [6.45, 7) is 5.74. The van der Waals surface area contributed by atoms with Gasteiger partial charge in [0.1, 0.15) is 6.61 Å². The number of rotatable bonds is 5. The van der Waals surface area contributed by atoms with Gasteiger partial charge in [-0.25, -0.2) is 4.79 Å². The van der Waals surface area contributed by atoms with Crippen LogP contribution in [0.15, 0.2) is 54.6 Å². The SMILES string of the molecule is C=C(C)C(=O)N(C)CCOC(=O)c1ccc2ccccc2c1. The lowest BCUT2D eigenvalue weighted by Gasteiger charge is -2.16. The zero-order valence-electron chi connectivity index (χ0n) is 12.8. The standard InChI is InChI=1S/C18H19NO3/c1-13(2)17(20)19(3)10-11-22-18(21)16-9-8-14-6-4-5-7-15(14)12-16/h4-9,12H,1,10-11H2,2-3H3. The van der Waals surface area contributed by atoms with E-state index < -0.39 is 0 Å². The van der Waals surface area contributed by atoms with Gasteiger partial charge in [0.05, 0.1) is 12.1 Å². The second-order valence-corrected chi connectivity index (χ2v) is 5.20. The lowest BCUT2D eigenvalue weighted by Crippen LogP contribution is -2.31. The summed E-state index contributed by atoms with van der Waals surface area (Å²) in [6, 6.07) is 13.3. The summed E-state index contributed by atoms with van der Waals surface area (Å²) >= 11 is 0. The van der Waals surface area contributed by atoms with Gasteiger partial charge in [0.15, 0.2) is 0 Å². The van der Waals surface area contributed by atoms with E-state index in [0.29, 0.717) is 17.7 Å². The molecule has 0 saturated heterocycles. The van der Waals surface area contributed by atoms with E-state index in [0.717, 1.165) is 10.8 Å². The van der Waals surface area contributed by atoms with Gasteiger partial charge in [0.2, 0.25) is 5.91 Å². The maximum Gasteiger partial charge on any atom is 0.338 e. The highest BCUT2D eigenvalue weighted by Gasteiger charge is 2.11. The maximum atomic E-state index is 12.0. The predicted octanol–water partition coefficient (Wildman–Crippen LogP) is 3.03. The van der Waals surface area contributed by atoms with Gasteiger partial charge in [0, 0.05) is 12.6 Å². The third-order valence-corrected chi connectivity index (χ3v) is 3.36. The molecule has 4 nitrogen and oxygen atoms in total. The van der Waals surface area contributed by atoms with Crippen molar-refractivity contribution in [1.29, 1.82) is 0 Å². The zero-order valence-corrected chi connectivity index (χ0v) is 12.8. The summed E-state index contributed by atoms with van der Waals surface area (Å²) in [5.41, 5.74) is 0.968. The number of nitrogens with zero attached hydrogens (tertiary/aromatic N) is 1. The molecule has 2 rings (SSSR count). The molecule has 4 heteroatoms. The van der Waals surface area contributed by atoms with Crippen LogP contribution in [0.4, 0.5) is 0 Å². The van der Waals surface area contributed by atoms with Crippen molar-refractivity contribution in [1.82, 2.24) is 4.90 Å². The van der Waals surface area contributed by atoms with Gasteiger partial charge in [-0.15, -0.1) is 0 Å². The van der Waals surface area contributed by atoms with Crippen LogP contribution in [0.5, 0.6) is 0 Å². The molecular formula is C18H19NO3. The molecule has 114 valence electrons. The van der Waals surface area contributed by atoms with Gasteiger partial charge in [-0.1, -0.05) is 36.9 Å². The first-order valence-corrected chi connectivity index (χ1v) is 7.06. The number of ether oxygens (including phenoxy) is 1. The van der Waals surface area contributed by atoms with E-state index in [1.165, 1.54) is 4.90 Å². The highest BCUT2D eigenvalue weighted by Crippen LogP contribution is 2.16. The van der Waals surface area contributed by atoms with Crippen molar-refractivity contribution in [3.05, 3.63) is 60.2 Å². The molecule has 0 atom stereocenters. The van der Waals surface area contributed by atoms with E-state index in [1.54, 1.807) is 26.1 Å².